The fraction of sp³-hybridized carbons (Fsp3) is 0.182. The molecule has 0 saturated carbocycles. The summed E-state index contributed by atoms with van der Waals surface area (Å²) in [6, 6.07) is 14.0. The lowest BCUT2D eigenvalue weighted by molar-refractivity contribution is -0.116. The van der Waals surface area contributed by atoms with Gasteiger partial charge in [0, 0.05) is 35.4 Å². The molecule has 10 heteroatoms. The second-order valence-electron chi connectivity index (χ2n) is 6.66. The Kier molecular flexibility index (Phi) is 8.23. The van der Waals surface area contributed by atoms with Gasteiger partial charge in [0.1, 0.15) is 5.75 Å². The second-order valence-corrected chi connectivity index (χ2v) is 8.74. The molecule has 8 nitrogen and oxygen atoms in total. The molecule has 0 radical (unpaired) electrons. The number of aromatic nitrogens is 1. The monoisotopic (exact) mass is 470 g/mol. The fourth-order valence-electron chi connectivity index (χ4n) is 2.67. The van der Waals surface area contributed by atoms with E-state index in [0.29, 0.717) is 32.8 Å². The fourth-order valence-corrected chi connectivity index (χ4v) is 4.32. The molecule has 0 aliphatic rings. The molecule has 3 N–H and O–H groups in total. The van der Waals surface area contributed by atoms with Gasteiger partial charge in [0.2, 0.25) is 17.7 Å². The van der Waals surface area contributed by atoms with Crippen molar-refractivity contribution in [3.8, 4) is 5.75 Å². The number of carbonyl (C=O) groups excluding carboxylic acids is 3. The number of anilines is 3. The Morgan fingerprint density at radius 1 is 0.969 bits per heavy atom. The Balaban J connectivity index is 1.44. The van der Waals surface area contributed by atoms with Gasteiger partial charge in [0.15, 0.2) is 4.34 Å². The van der Waals surface area contributed by atoms with Crippen LogP contribution in [0, 0.1) is 0 Å². The molecule has 0 aliphatic heterocycles. The van der Waals surface area contributed by atoms with E-state index in [1.165, 1.54) is 30.0 Å². The molecule has 2 aromatic carbocycles. The first-order valence-corrected chi connectivity index (χ1v) is 11.5. The Morgan fingerprint density at radius 3 is 2.34 bits per heavy atom. The van der Waals surface area contributed by atoms with Crippen LogP contribution in [0.15, 0.2) is 58.3 Å². The van der Waals surface area contributed by atoms with Crippen molar-refractivity contribution in [3.05, 3.63) is 59.6 Å². The molecule has 0 saturated heterocycles. The molecule has 0 fully saturated rings. The third-order valence-electron chi connectivity index (χ3n) is 4.04. The number of benzene rings is 2. The molecule has 0 aliphatic carbocycles. The van der Waals surface area contributed by atoms with Gasteiger partial charge in [0.05, 0.1) is 25.0 Å². The second kappa shape index (κ2) is 11.3. The Bertz CT molecular complexity index is 1100. The first-order chi connectivity index (χ1) is 15.4. The summed E-state index contributed by atoms with van der Waals surface area (Å²) in [6.07, 6.45) is 0.140. The SMILES string of the molecule is COc1cccc(NC(=O)Cc2csc(SCC(=O)Nc3ccc(NC(C)=O)cc3)n2)c1. The lowest BCUT2D eigenvalue weighted by atomic mass is 10.2. The average molecular weight is 471 g/mol. The van der Waals surface area contributed by atoms with Crippen molar-refractivity contribution in [3.63, 3.8) is 0 Å². The molecule has 32 heavy (non-hydrogen) atoms. The van der Waals surface area contributed by atoms with Gasteiger partial charge in [-0.3, -0.25) is 14.4 Å². The number of carbonyl (C=O) groups is 3. The van der Waals surface area contributed by atoms with Crippen LogP contribution in [0.4, 0.5) is 17.1 Å². The topological polar surface area (TPSA) is 109 Å². The zero-order valence-corrected chi connectivity index (χ0v) is 19.1. The van der Waals surface area contributed by atoms with Crippen LogP contribution in [0.3, 0.4) is 0 Å². The predicted molar refractivity (Wildman–Crippen MR) is 128 cm³/mol. The maximum Gasteiger partial charge on any atom is 0.234 e. The van der Waals surface area contributed by atoms with Gasteiger partial charge in [-0.2, -0.15) is 0 Å². The lowest BCUT2D eigenvalue weighted by Gasteiger charge is -2.06. The van der Waals surface area contributed by atoms with E-state index >= 15 is 0 Å². The van der Waals surface area contributed by atoms with Crippen LogP contribution in [0.2, 0.25) is 0 Å². The average Bonchev–Trinajstić information content (AvgIpc) is 3.20. The third-order valence-corrected chi connectivity index (χ3v) is 6.11. The van der Waals surface area contributed by atoms with Crippen LogP contribution in [0.25, 0.3) is 0 Å². The van der Waals surface area contributed by atoms with E-state index in [0.717, 1.165) is 0 Å². The maximum atomic E-state index is 12.3. The van der Waals surface area contributed by atoms with Gasteiger partial charge in [-0.05, 0) is 36.4 Å². The van der Waals surface area contributed by atoms with Gasteiger partial charge >= 0.3 is 0 Å². The van der Waals surface area contributed by atoms with E-state index in [2.05, 4.69) is 20.9 Å². The summed E-state index contributed by atoms with van der Waals surface area (Å²) < 4.78 is 5.86. The van der Waals surface area contributed by atoms with Crippen molar-refractivity contribution >= 4 is 57.9 Å². The number of methoxy groups -OCH3 is 1. The minimum Gasteiger partial charge on any atom is -0.497 e. The highest BCUT2D eigenvalue weighted by Crippen LogP contribution is 2.24. The third kappa shape index (κ3) is 7.40. The molecule has 3 aromatic rings. The molecule has 0 bridgehead atoms. The number of hydrogen-bond donors (Lipinski definition) is 3. The molecule has 166 valence electrons. The Labute approximate surface area is 193 Å². The van der Waals surface area contributed by atoms with Gasteiger partial charge in [-0.15, -0.1) is 11.3 Å². The number of amides is 3. The molecule has 1 heterocycles. The molecule has 0 atom stereocenters. The van der Waals surface area contributed by atoms with Crippen LogP contribution in [0.5, 0.6) is 5.75 Å². The molecule has 3 amide bonds. The van der Waals surface area contributed by atoms with Gasteiger partial charge in [0.25, 0.3) is 0 Å². The number of rotatable bonds is 9. The first kappa shape index (κ1) is 23.3. The minimum atomic E-state index is -0.180. The Morgan fingerprint density at radius 2 is 1.66 bits per heavy atom. The van der Waals surface area contributed by atoms with Gasteiger partial charge in [-0.1, -0.05) is 17.8 Å². The summed E-state index contributed by atoms with van der Waals surface area (Å²) in [5.41, 5.74) is 2.60. The van der Waals surface area contributed by atoms with Crippen molar-refractivity contribution in [2.24, 2.45) is 0 Å². The van der Waals surface area contributed by atoms with Crippen molar-refractivity contribution in [1.82, 2.24) is 4.98 Å². The molecule has 0 unspecified atom stereocenters. The number of thiazole rings is 1. The molecular weight excluding hydrogens is 448 g/mol. The quantitative estimate of drug-likeness (QED) is 0.408. The van der Waals surface area contributed by atoms with Gasteiger partial charge in [-0.25, -0.2) is 4.98 Å². The maximum absolute atomic E-state index is 12.3. The van der Waals surface area contributed by atoms with Crippen LogP contribution in [-0.2, 0) is 20.8 Å². The summed E-state index contributed by atoms with van der Waals surface area (Å²) >= 11 is 2.70. The summed E-state index contributed by atoms with van der Waals surface area (Å²) in [7, 11) is 1.57. The van der Waals surface area contributed by atoms with Crippen LogP contribution >= 0.6 is 23.1 Å². The van der Waals surface area contributed by atoms with Crippen LogP contribution < -0.4 is 20.7 Å². The van der Waals surface area contributed by atoms with E-state index in [-0.39, 0.29) is 29.9 Å². The summed E-state index contributed by atoms with van der Waals surface area (Å²) in [4.78, 5) is 39.9. The van der Waals surface area contributed by atoms with Crippen molar-refractivity contribution < 1.29 is 19.1 Å². The van der Waals surface area contributed by atoms with Crippen molar-refractivity contribution in [2.75, 3.05) is 28.8 Å². The van der Waals surface area contributed by atoms with E-state index in [1.807, 2.05) is 5.38 Å². The zero-order chi connectivity index (χ0) is 22.9. The van der Waals surface area contributed by atoms with Crippen molar-refractivity contribution in [2.45, 2.75) is 17.7 Å². The summed E-state index contributed by atoms with van der Waals surface area (Å²) in [5.74, 6) is 0.349. The molecular formula is C22H22N4O4S2. The lowest BCUT2D eigenvalue weighted by Crippen LogP contribution is -2.15. The number of nitrogens with one attached hydrogen (secondary N) is 3. The largest absolute Gasteiger partial charge is 0.497 e. The van der Waals surface area contributed by atoms with Gasteiger partial charge < -0.3 is 20.7 Å². The highest BCUT2D eigenvalue weighted by atomic mass is 32.2. The summed E-state index contributed by atoms with van der Waals surface area (Å²) in [6.45, 7) is 1.43. The first-order valence-electron chi connectivity index (χ1n) is 9.60. The number of thioether (sulfide) groups is 1. The zero-order valence-electron chi connectivity index (χ0n) is 17.5. The van der Waals surface area contributed by atoms with Crippen LogP contribution in [-0.4, -0.2) is 35.6 Å². The van der Waals surface area contributed by atoms with E-state index in [9.17, 15) is 14.4 Å². The highest BCUT2D eigenvalue weighted by Gasteiger charge is 2.11. The highest BCUT2D eigenvalue weighted by molar-refractivity contribution is 8.01. The standard InChI is InChI=1S/C22H22N4O4S2/c1-14(27)23-15-6-8-16(9-7-15)24-21(29)13-32-22-26-18(12-31-22)11-20(28)25-17-4-3-5-19(10-17)30-2/h3-10,12H,11,13H2,1-2H3,(H,23,27)(H,24,29)(H,25,28). The number of nitrogens with zero attached hydrogens (tertiary/aromatic N) is 1. The number of ether oxygens (including phenoxy) is 1. The molecule has 1 aromatic heterocycles. The number of hydrogen-bond acceptors (Lipinski definition) is 7. The van der Waals surface area contributed by atoms with Crippen molar-refractivity contribution in [1.29, 1.82) is 0 Å². The molecule has 3 rings (SSSR count). The van der Waals surface area contributed by atoms with E-state index < -0.39 is 0 Å². The summed E-state index contributed by atoms with van der Waals surface area (Å²) in [5, 5.41) is 10.1. The van der Waals surface area contributed by atoms with E-state index in [4.69, 9.17) is 4.74 Å². The minimum absolute atomic E-state index is 0.140. The van der Waals surface area contributed by atoms with E-state index in [1.54, 1.807) is 55.6 Å². The Hall–Kier alpha value is -3.37. The smallest absolute Gasteiger partial charge is 0.234 e. The predicted octanol–water partition coefficient (Wildman–Crippen LogP) is 4.02. The molecule has 0 spiro atoms. The normalized spacial score (nSPS) is 10.3. The van der Waals surface area contributed by atoms with Crippen LogP contribution in [0.1, 0.15) is 12.6 Å².